The minimum atomic E-state index is -1.54. The number of carbonyl (C=O) groups is 2. The van der Waals surface area contributed by atoms with Gasteiger partial charge in [-0.05, 0) is 72.1 Å². The second-order valence-electron chi connectivity index (χ2n) is 9.85. The number of nitrogens with zero attached hydrogens (tertiary/aromatic N) is 1. The standard InChI is InChI=1S/C26H35NO6/c1-9-19(20-14-10-12-18(2)16-20)13-11-15-21(17-27(30)31)22(23(28)32-25(3,4)5)24(29)33-26(6,7)8/h10,12-14,16,21-22H,9,17H2,1-8H3/b19-13+. The van der Waals surface area contributed by atoms with Gasteiger partial charge < -0.3 is 9.47 Å². The average Bonchev–Trinajstić information content (AvgIpc) is 2.61. The fourth-order valence-corrected chi connectivity index (χ4v) is 3.02. The average molecular weight is 458 g/mol. The molecule has 0 N–H and O–H groups in total. The number of aryl methyl sites for hydroxylation is 1. The molecule has 0 saturated carbocycles. The van der Waals surface area contributed by atoms with E-state index in [-0.39, 0.29) is 0 Å². The van der Waals surface area contributed by atoms with E-state index < -0.39 is 46.4 Å². The molecule has 7 nitrogen and oxygen atoms in total. The fourth-order valence-electron chi connectivity index (χ4n) is 3.02. The quantitative estimate of drug-likeness (QED) is 0.188. The summed E-state index contributed by atoms with van der Waals surface area (Å²) in [6.45, 7) is 13.2. The maximum absolute atomic E-state index is 12.9. The Balaban J connectivity index is 3.42. The Morgan fingerprint density at radius 1 is 1.09 bits per heavy atom. The summed E-state index contributed by atoms with van der Waals surface area (Å²) in [5, 5.41) is 11.4. The van der Waals surface area contributed by atoms with Crippen LogP contribution in [0.5, 0.6) is 0 Å². The van der Waals surface area contributed by atoms with E-state index >= 15 is 0 Å². The van der Waals surface area contributed by atoms with Crippen LogP contribution in [0.2, 0.25) is 0 Å². The number of hydrogen-bond acceptors (Lipinski definition) is 6. The van der Waals surface area contributed by atoms with E-state index in [2.05, 4.69) is 11.8 Å². The zero-order valence-corrected chi connectivity index (χ0v) is 20.9. The number of carbonyl (C=O) groups excluding carboxylic acids is 2. The van der Waals surface area contributed by atoms with Gasteiger partial charge in [-0.1, -0.05) is 48.6 Å². The van der Waals surface area contributed by atoms with Gasteiger partial charge in [0.25, 0.3) is 0 Å². The van der Waals surface area contributed by atoms with E-state index in [4.69, 9.17) is 9.47 Å². The Hall–Kier alpha value is -3.14. The lowest BCUT2D eigenvalue weighted by atomic mass is 9.91. The van der Waals surface area contributed by atoms with Gasteiger partial charge in [0.1, 0.15) is 17.1 Å². The molecule has 7 heteroatoms. The molecular weight excluding hydrogens is 422 g/mol. The van der Waals surface area contributed by atoms with Crippen LogP contribution >= 0.6 is 0 Å². The molecule has 1 aromatic carbocycles. The fraction of sp³-hybridized carbons (Fsp3) is 0.538. The van der Waals surface area contributed by atoms with Crippen molar-refractivity contribution in [2.24, 2.45) is 11.8 Å². The number of nitro groups is 1. The number of ether oxygens (including phenoxy) is 2. The highest BCUT2D eigenvalue weighted by Crippen LogP contribution is 2.23. The van der Waals surface area contributed by atoms with Crippen molar-refractivity contribution >= 4 is 17.5 Å². The molecule has 1 atom stereocenters. The van der Waals surface area contributed by atoms with Gasteiger partial charge in [-0.2, -0.15) is 0 Å². The first kappa shape index (κ1) is 27.9. The van der Waals surface area contributed by atoms with Gasteiger partial charge in [0.2, 0.25) is 6.54 Å². The Morgan fingerprint density at radius 2 is 1.64 bits per heavy atom. The molecule has 0 heterocycles. The molecule has 33 heavy (non-hydrogen) atoms. The Morgan fingerprint density at radius 3 is 2.06 bits per heavy atom. The Labute approximate surface area is 196 Å². The van der Waals surface area contributed by atoms with E-state index in [0.717, 1.165) is 16.7 Å². The smallest absolute Gasteiger partial charge is 0.322 e. The molecule has 0 saturated heterocycles. The predicted octanol–water partition coefficient (Wildman–Crippen LogP) is 4.98. The van der Waals surface area contributed by atoms with Gasteiger partial charge in [-0.25, -0.2) is 0 Å². The van der Waals surface area contributed by atoms with Crippen LogP contribution in [0.4, 0.5) is 0 Å². The normalized spacial score (nSPS) is 13.1. The molecule has 0 amide bonds. The summed E-state index contributed by atoms with van der Waals surface area (Å²) in [6, 6.07) is 7.92. The summed E-state index contributed by atoms with van der Waals surface area (Å²) in [7, 11) is 0. The highest BCUT2D eigenvalue weighted by molar-refractivity contribution is 5.96. The van der Waals surface area contributed by atoms with Crippen molar-refractivity contribution in [1.29, 1.82) is 0 Å². The lowest BCUT2D eigenvalue weighted by molar-refractivity contribution is -0.486. The molecule has 1 aromatic rings. The molecule has 0 fully saturated rings. The molecular formula is C26H35NO6. The van der Waals surface area contributed by atoms with E-state index in [1.807, 2.05) is 38.1 Å². The molecule has 0 bridgehead atoms. The van der Waals surface area contributed by atoms with Gasteiger partial charge >= 0.3 is 11.9 Å². The van der Waals surface area contributed by atoms with E-state index in [0.29, 0.717) is 6.42 Å². The van der Waals surface area contributed by atoms with Crippen molar-refractivity contribution in [2.45, 2.75) is 73.0 Å². The zero-order valence-electron chi connectivity index (χ0n) is 20.9. The topological polar surface area (TPSA) is 95.7 Å². The second kappa shape index (κ2) is 11.6. The first-order chi connectivity index (χ1) is 15.1. The van der Waals surface area contributed by atoms with Crippen molar-refractivity contribution in [3.8, 4) is 11.8 Å². The largest absolute Gasteiger partial charge is 0.459 e. The number of allylic oxidation sites excluding steroid dienone is 2. The molecule has 0 radical (unpaired) electrons. The highest BCUT2D eigenvalue weighted by atomic mass is 16.6. The summed E-state index contributed by atoms with van der Waals surface area (Å²) in [4.78, 5) is 36.6. The van der Waals surface area contributed by atoms with Crippen LogP contribution in [0.1, 0.15) is 66.0 Å². The Kier molecular flexibility index (Phi) is 9.84. The van der Waals surface area contributed by atoms with Gasteiger partial charge in [0.05, 0.1) is 0 Å². The third-order valence-corrected chi connectivity index (χ3v) is 4.35. The third kappa shape index (κ3) is 10.3. The molecule has 0 aromatic heterocycles. The predicted molar refractivity (Wildman–Crippen MR) is 128 cm³/mol. The second-order valence-corrected chi connectivity index (χ2v) is 9.85. The lowest BCUT2D eigenvalue weighted by Crippen LogP contribution is -2.42. The molecule has 0 aliphatic carbocycles. The van der Waals surface area contributed by atoms with Crippen LogP contribution in [0.3, 0.4) is 0 Å². The van der Waals surface area contributed by atoms with Gasteiger partial charge in [0.15, 0.2) is 5.92 Å². The van der Waals surface area contributed by atoms with Crippen molar-refractivity contribution in [3.05, 3.63) is 51.6 Å². The number of benzene rings is 1. The maximum atomic E-state index is 12.9. The van der Waals surface area contributed by atoms with E-state index in [1.54, 1.807) is 47.6 Å². The number of rotatable bonds is 7. The molecule has 180 valence electrons. The summed E-state index contributed by atoms with van der Waals surface area (Å²) < 4.78 is 10.8. The van der Waals surface area contributed by atoms with Crippen molar-refractivity contribution in [3.63, 3.8) is 0 Å². The minimum Gasteiger partial charge on any atom is -0.459 e. The van der Waals surface area contributed by atoms with E-state index in [9.17, 15) is 19.7 Å². The van der Waals surface area contributed by atoms with Crippen LogP contribution in [0.25, 0.3) is 5.57 Å². The monoisotopic (exact) mass is 457 g/mol. The number of hydrogen-bond donors (Lipinski definition) is 0. The summed E-state index contributed by atoms with van der Waals surface area (Å²) in [5.41, 5.74) is 1.26. The van der Waals surface area contributed by atoms with Crippen LogP contribution in [0.15, 0.2) is 30.3 Å². The van der Waals surface area contributed by atoms with Crippen LogP contribution in [-0.2, 0) is 19.1 Å². The van der Waals surface area contributed by atoms with Gasteiger partial charge in [-0.15, -0.1) is 0 Å². The highest BCUT2D eigenvalue weighted by Gasteiger charge is 2.42. The van der Waals surface area contributed by atoms with E-state index in [1.165, 1.54) is 0 Å². The summed E-state index contributed by atoms with van der Waals surface area (Å²) in [6.07, 6.45) is 2.36. The molecule has 1 unspecified atom stereocenters. The molecule has 0 aliphatic rings. The minimum absolute atomic E-state index is 0.591. The van der Waals surface area contributed by atoms with Crippen molar-refractivity contribution in [2.75, 3.05) is 6.54 Å². The van der Waals surface area contributed by atoms with Crippen LogP contribution < -0.4 is 0 Å². The molecule has 0 spiro atoms. The number of esters is 2. The van der Waals surface area contributed by atoms with Crippen molar-refractivity contribution < 1.29 is 24.0 Å². The summed E-state index contributed by atoms with van der Waals surface area (Å²) >= 11 is 0. The Bertz CT molecular complexity index is 925. The van der Waals surface area contributed by atoms with Gasteiger partial charge in [-0.3, -0.25) is 19.7 Å². The summed E-state index contributed by atoms with van der Waals surface area (Å²) in [5.74, 6) is 1.07. The molecule has 0 aliphatic heterocycles. The first-order valence-electron chi connectivity index (χ1n) is 11.0. The molecule has 1 rings (SSSR count). The zero-order chi connectivity index (χ0) is 25.4. The first-order valence-corrected chi connectivity index (χ1v) is 11.0. The van der Waals surface area contributed by atoms with Gasteiger partial charge in [0, 0.05) is 4.92 Å². The SMILES string of the molecule is CC/C(=C\C#CC(C[N+](=O)[O-])C(C(=O)OC(C)(C)C)C(=O)OC(C)(C)C)c1cccc(C)c1. The van der Waals surface area contributed by atoms with Crippen molar-refractivity contribution in [1.82, 2.24) is 0 Å². The lowest BCUT2D eigenvalue weighted by Gasteiger charge is -2.27. The van der Waals surface area contributed by atoms with Crippen LogP contribution in [0, 0.1) is 40.7 Å². The maximum Gasteiger partial charge on any atom is 0.322 e. The van der Waals surface area contributed by atoms with Crippen LogP contribution in [-0.4, -0.2) is 34.6 Å². The third-order valence-electron chi connectivity index (χ3n) is 4.35.